The Kier molecular flexibility index (Phi) is 6.96. The zero-order valence-electron chi connectivity index (χ0n) is 14.5. The molecule has 0 bridgehead atoms. The molecule has 132 valence electrons. The van der Waals surface area contributed by atoms with Crippen molar-refractivity contribution in [2.45, 2.75) is 39.4 Å². The summed E-state index contributed by atoms with van der Waals surface area (Å²) in [5.41, 5.74) is 7.41. The second-order valence-electron chi connectivity index (χ2n) is 6.36. The number of carbonyl (C=O) groups is 1. The van der Waals surface area contributed by atoms with E-state index in [1.807, 2.05) is 31.2 Å². The number of para-hydroxylation sites is 1. The number of aryl methyl sites for hydroxylation is 1. The predicted molar refractivity (Wildman–Crippen MR) is 98.9 cm³/mol. The van der Waals surface area contributed by atoms with Crippen LogP contribution in [-0.4, -0.2) is 42.9 Å². The molecule has 1 unspecified atom stereocenters. The quantitative estimate of drug-likeness (QED) is 0.467. The topological polar surface area (TPSA) is 66.8 Å². The van der Waals surface area contributed by atoms with Crippen molar-refractivity contribution in [2.75, 3.05) is 25.0 Å². The molecular formula is C17H27N4O2S+. The Morgan fingerprint density at radius 1 is 1.25 bits per heavy atom. The Morgan fingerprint density at radius 3 is 2.58 bits per heavy atom. The Balaban J connectivity index is 1.67. The van der Waals surface area contributed by atoms with Gasteiger partial charge in [-0.1, -0.05) is 18.2 Å². The molecule has 1 aromatic rings. The lowest BCUT2D eigenvalue weighted by Crippen LogP contribution is -3.15. The van der Waals surface area contributed by atoms with Crippen LogP contribution in [0.3, 0.4) is 0 Å². The predicted octanol–water partition coefficient (Wildman–Crippen LogP) is 0.395. The molecule has 1 aliphatic heterocycles. The number of ether oxygens (including phenoxy) is 1. The van der Waals surface area contributed by atoms with Crippen LogP contribution in [0, 0.1) is 6.92 Å². The lowest BCUT2D eigenvalue weighted by molar-refractivity contribution is -0.914. The molecule has 0 saturated carbocycles. The smallest absolute Gasteiger partial charge is 0.244 e. The molecule has 24 heavy (non-hydrogen) atoms. The highest BCUT2D eigenvalue weighted by Gasteiger charge is 2.25. The maximum atomic E-state index is 12.0. The molecule has 0 aromatic heterocycles. The highest BCUT2D eigenvalue weighted by Crippen LogP contribution is 2.12. The van der Waals surface area contributed by atoms with Gasteiger partial charge in [0.25, 0.3) is 0 Å². The number of hydrazine groups is 1. The minimum absolute atomic E-state index is 0.0665. The first-order valence-electron chi connectivity index (χ1n) is 8.34. The Bertz CT molecular complexity index is 571. The summed E-state index contributed by atoms with van der Waals surface area (Å²) in [6, 6.07) is 7.84. The van der Waals surface area contributed by atoms with Gasteiger partial charge in [-0.3, -0.25) is 15.6 Å². The molecule has 1 saturated heterocycles. The minimum atomic E-state index is -0.0665. The Hall–Kier alpha value is -1.70. The maximum Gasteiger partial charge on any atom is 0.244 e. The molecule has 1 aliphatic rings. The van der Waals surface area contributed by atoms with E-state index in [-0.39, 0.29) is 18.1 Å². The second kappa shape index (κ2) is 8.96. The van der Waals surface area contributed by atoms with Crippen LogP contribution in [0.15, 0.2) is 24.3 Å². The largest absolute Gasteiger partial charge is 0.364 e. The van der Waals surface area contributed by atoms with Crippen molar-refractivity contribution in [1.29, 1.82) is 0 Å². The van der Waals surface area contributed by atoms with Gasteiger partial charge in [0.1, 0.15) is 25.3 Å². The average molecular weight is 351 g/mol. The van der Waals surface area contributed by atoms with Gasteiger partial charge in [-0.2, -0.15) is 0 Å². The number of carbonyl (C=O) groups excluding carboxylic acids is 1. The molecular weight excluding hydrogens is 324 g/mol. The van der Waals surface area contributed by atoms with Gasteiger partial charge in [0, 0.05) is 5.69 Å². The first-order chi connectivity index (χ1) is 11.4. The minimum Gasteiger partial charge on any atom is -0.364 e. The number of anilines is 1. The number of rotatable bonds is 4. The van der Waals surface area contributed by atoms with Crippen molar-refractivity contribution in [3.8, 4) is 0 Å². The van der Waals surface area contributed by atoms with Gasteiger partial charge in [-0.05, 0) is 44.6 Å². The van der Waals surface area contributed by atoms with Crippen molar-refractivity contribution in [2.24, 2.45) is 0 Å². The van der Waals surface area contributed by atoms with E-state index >= 15 is 0 Å². The highest BCUT2D eigenvalue weighted by molar-refractivity contribution is 7.80. The van der Waals surface area contributed by atoms with Gasteiger partial charge in [0.2, 0.25) is 5.91 Å². The van der Waals surface area contributed by atoms with Crippen LogP contribution in [0.1, 0.15) is 25.8 Å². The summed E-state index contributed by atoms with van der Waals surface area (Å²) < 4.78 is 5.71. The standard InChI is InChI=1S/C17H26N4O2S/c1-12-6-4-5-7-15(12)18-17(24)20-19-16(22)8-9-21-10-13(2)23-14(3)11-21/h4-7,13-14H,8-11H2,1-3H3,(H,19,22)(H2,18,20,24)/p+1/t13-,14+. The van der Waals surface area contributed by atoms with Gasteiger partial charge in [0.05, 0.1) is 13.0 Å². The molecule has 6 nitrogen and oxygen atoms in total. The van der Waals surface area contributed by atoms with Crippen LogP contribution < -0.4 is 21.1 Å². The van der Waals surface area contributed by atoms with Crippen LogP contribution in [0.4, 0.5) is 5.69 Å². The van der Waals surface area contributed by atoms with Crippen LogP contribution in [0.2, 0.25) is 0 Å². The summed E-state index contributed by atoms with van der Waals surface area (Å²) in [7, 11) is 0. The molecule has 0 radical (unpaired) electrons. The van der Waals surface area contributed by atoms with E-state index < -0.39 is 0 Å². The fourth-order valence-electron chi connectivity index (χ4n) is 2.94. The molecule has 1 amide bonds. The van der Waals surface area contributed by atoms with E-state index in [9.17, 15) is 4.79 Å². The Labute approximate surface area is 148 Å². The number of quaternary nitrogens is 1. The van der Waals surface area contributed by atoms with Gasteiger partial charge in [0.15, 0.2) is 5.11 Å². The van der Waals surface area contributed by atoms with E-state index in [0.717, 1.165) is 30.9 Å². The number of hydrogen-bond acceptors (Lipinski definition) is 3. The van der Waals surface area contributed by atoms with Crippen molar-refractivity contribution in [1.82, 2.24) is 10.9 Å². The molecule has 2 rings (SSSR count). The van der Waals surface area contributed by atoms with Crippen LogP contribution >= 0.6 is 12.2 Å². The van der Waals surface area contributed by atoms with Gasteiger partial charge < -0.3 is 15.0 Å². The third-order valence-corrected chi connectivity index (χ3v) is 4.24. The van der Waals surface area contributed by atoms with Gasteiger partial charge in [-0.25, -0.2) is 0 Å². The van der Waals surface area contributed by atoms with E-state index in [2.05, 4.69) is 30.0 Å². The van der Waals surface area contributed by atoms with E-state index in [1.165, 1.54) is 4.90 Å². The summed E-state index contributed by atoms with van der Waals surface area (Å²) in [6.45, 7) is 8.83. The average Bonchev–Trinajstić information content (AvgIpc) is 2.52. The summed E-state index contributed by atoms with van der Waals surface area (Å²) >= 11 is 5.20. The first kappa shape index (κ1) is 18.6. The zero-order chi connectivity index (χ0) is 17.5. The van der Waals surface area contributed by atoms with E-state index in [4.69, 9.17) is 17.0 Å². The van der Waals surface area contributed by atoms with Gasteiger partial charge in [-0.15, -0.1) is 0 Å². The van der Waals surface area contributed by atoms with Crippen molar-refractivity contribution >= 4 is 28.9 Å². The molecule has 1 heterocycles. The molecule has 4 N–H and O–H groups in total. The molecule has 1 fully saturated rings. The number of amides is 1. The van der Waals surface area contributed by atoms with Crippen molar-refractivity contribution < 1.29 is 14.4 Å². The highest BCUT2D eigenvalue weighted by atomic mass is 32.1. The fourth-order valence-corrected chi connectivity index (χ4v) is 3.10. The van der Waals surface area contributed by atoms with Crippen molar-refractivity contribution in [3.05, 3.63) is 29.8 Å². The molecule has 7 heteroatoms. The Morgan fingerprint density at radius 2 is 1.92 bits per heavy atom. The number of hydrogen-bond donors (Lipinski definition) is 4. The van der Waals surface area contributed by atoms with E-state index in [0.29, 0.717) is 11.5 Å². The summed E-state index contributed by atoms with van der Waals surface area (Å²) in [5, 5.41) is 3.44. The van der Waals surface area contributed by atoms with Crippen LogP contribution in [-0.2, 0) is 9.53 Å². The van der Waals surface area contributed by atoms with Crippen LogP contribution in [0.5, 0.6) is 0 Å². The number of morpholine rings is 1. The fraction of sp³-hybridized carbons (Fsp3) is 0.529. The van der Waals surface area contributed by atoms with E-state index in [1.54, 1.807) is 0 Å². The van der Waals surface area contributed by atoms with Crippen molar-refractivity contribution in [3.63, 3.8) is 0 Å². The lowest BCUT2D eigenvalue weighted by Gasteiger charge is -2.32. The third kappa shape index (κ3) is 6.07. The monoisotopic (exact) mass is 351 g/mol. The summed E-state index contributed by atoms with van der Waals surface area (Å²) in [4.78, 5) is 13.4. The summed E-state index contributed by atoms with van der Waals surface area (Å²) in [5.74, 6) is -0.0665. The SMILES string of the molecule is Cc1ccccc1NC(=S)NNC(=O)CC[NH+]1C[C@@H](C)O[C@@H](C)C1. The zero-order valence-corrected chi connectivity index (χ0v) is 15.3. The number of nitrogens with one attached hydrogen (secondary N) is 4. The first-order valence-corrected chi connectivity index (χ1v) is 8.75. The third-order valence-electron chi connectivity index (χ3n) is 4.03. The molecule has 3 atom stereocenters. The van der Waals surface area contributed by atoms with Gasteiger partial charge >= 0.3 is 0 Å². The number of thiocarbonyl (C=S) groups is 1. The number of benzene rings is 1. The second-order valence-corrected chi connectivity index (χ2v) is 6.77. The normalized spacial score (nSPS) is 23.4. The maximum absolute atomic E-state index is 12.0. The molecule has 0 aliphatic carbocycles. The summed E-state index contributed by atoms with van der Waals surface area (Å²) in [6.07, 6.45) is 0.945. The van der Waals surface area contributed by atoms with Crippen LogP contribution in [0.25, 0.3) is 0 Å². The molecule has 1 aromatic carbocycles. The molecule has 0 spiro atoms. The lowest BCUT2D eigenvalue weighted by atomic mass is 10.2.